The lowest BCUT2D eigenvalue weighted by Gasteiger charge is -2.08. The minimum Gasteiger partial charge on any atom is -0.398 e. The predicted molar refractivity (Wildman–Crippen MR) is 73.6 cm³/mol. The van der Waals surface area contributed by atoms with Gasteiger partial charge in [-0.05, 0) is 18.6 Å². The maximum Gasteiger partial charge on any atom is 0.216 e. The lowest BCUT2D eigenvalue weighted by molar-refractivity contribution is 0.580. The molecule has 2 rings (SSSR count). The van der Waals surface area contributed by atoms with Crippen molar-refractivity contribution in [2.75, 3.05) is 5.73 Å². The molecule has 19 heavy (non-hydrogen) atoms. The van der Waals surface area contributed by atoms with Crippen molar-refractivity contribution in [3.63, 3.8) is 0 Å². The molecule has 0 aliphatic heterocycles. The maximum atomic E-state index is 12.0. The van der Waals surface area contributed by atoms with E-state index >= 15 is 0 Å². The predicted octanol–water partition coefficient (Wildman–Crippen LogP) is 0.920. The zero-order chi connectivity index (χ0) is 13.9. The van der Waals surface area contributed by atoms with Crippen LogP contribution in [0.1, 0.15) is 16.8 Å². The molecule has 0 amide bonds. The van der Waals surface area contributed by atoms with Gasteiger partial charge < -0.3 is 5.73 Å². The molecule has 0 saturated carbocycles. The second-order valence-corrected chi connectivity index (χ2v) is 6.11. The van der Waals surface area contributed by atoms with Crippen LogP contribution >= 0.6 is 0 Å². The number of anilines is 1. The number of H-pyrrole nitrogens is 1. The number of hydrogen-bond acceptors (Lipinski definition) is 4. The Morgan fingerprint density at radius 2 is 2.05 bits per heavy atom. The summed E-state index contributed by atoms with van der Waals surface area (Å²) in [4.78, 5) is 0. The topological polar surface area (TPSA) is 101 Å². The third kappa shape index (κ3) is 3.55. The highest BCUT2D eigenvalue weighted by Crippen LogP contribution is 2.14. The van der Waals surface area contributed by atoms with Gasteiger partial charge in [0.05, 0.1) is 11.9 Å². The molecule has 0 aliphatic rings. The Hall–Kier alpha value is -1.86. The van der Waals surface area contributed by atoms with E-state index in [1.165, 1.54) is 0 Å². The maximum absolute atomic E-state index is 12.0. The first-order valence-corrected chi connectivity index (χ1v) is 7.43. The molecule has 0 bridgehead atoms. The monoisotopic (exact) mass is 280 g/mol. The first kappa shape index (κ1) is 13.6. The van der Waals surface area contributed by atoms with Crippen molar-refractivity contribution in [1.82, 2.24) is 14.9 Å². The number of nitrogen functional groups attached to an aromatic ring is 1. The lowest BCUT2D eigenvalue weighted by atomic mass is 10.2. The van der Waals surface area contributed by atoms with Crippen LogP contribution in [0.15, 0.2) is 30.5 Å². The molecule has 1 aromatic heterocycles. The van der Waals surface area contributed by atoms with E-state index in [4.69, 9.17) is 5.73 Å². The molecule has 102 valence electrons. The molecule has 0 spiro atoms. The molecule has 6 nitrogen and oxygen atoms in total. The zero-order valence-corrected chi connectivity index (χ0v) is 11.4. The first-order chi connectivity index (χ1) is 8.98. The van der Waals surface area contributed by atoms with Crippen molar-refractivity contribution in [3.8, 4) is 0 Å². The summed E-state index contributed by atoms with van der Waals surface area (Å²) in [6.45, 7) is 2.06. The molecular formula is C12H16N4O2S. The SMILES string of the molecule is Cc1[nH]ncc1CNS(=O)(=O)Cc1ccccc1N. The molecule has 2 aromatic rings. The Morgan fingerprint density at radius 3 is 2.68 bits per heavy atom. The van der Waals surface area contributed by atoms with Gasteiger partial charge in [-0.25, -0.2) is 13.1 Å². The second-order valence-electron chi connectivity index (χ2n) is 4.30. The van der Waals surface area contributed by atoms with E-state index in [1.807, 2.05) is 6.92 Å². The number of rotatable bonds is 5. The summed E-state index contributed by atoms with van der Waals surface area (Å²) in [6, 6.07) is 6.93. The molecule has 7 heteroatoms. The number of aryl methyl sites for hydroxylation is 1. The Kier molecular flexibility index (Phi) is 3.87. The number of sulfonamides is 1. The molecule has 0 aliphatic carbocycles. The molecule has 0 radical (unpaired) electrons. The van der Waals surface area contributed by atoms with Crippen LogP contribution in [0.3, 0.4) is 0 Å². The molecule has 0 fully saturated rings. The fourth-order valence-corrected chi connectivity index (χ4v) is 2.81. The Bertz CT molecular complexity index is 664. The van der Waals surface area contributed by atoms with E-state index < -0.39 is 10.0 Å². The van der Waals surface area contributed by atoms with Gasteiger partial charge in [0, 0.05) is 23.5 Å². The van der Waals surface area contributed by atoms with E-state index in [0.717, 1.165) is 11.3 Å². The number of hydrogen-bond donors (Lipinski definition) is 3. The van der Waals surface area contributed by atoms with Crippen LogP contribution in [-0.4, -0.2) is 18.6 Å². The normalized spacial score (nSPS) is 11.6. The van der Waals surface area contributed by atoms with Crippen molar-refractivity contribution >= 4 is 15.7 Å². The Labute approximate surface area is 112 Å². The van der Waals surface area contributed by atoms with Gasteiger partial charge in [0.15, 0.2) is 0 Å². The van der Waals surface area contributed by atoms with Crippen LogP contribution in [-0.2, 0) is 22.3 Å². The van der Waals surface area contributed by atoms with Gasteiger partial charge in [-0.3, -0.25) is 5.10 Å². The summed E-state index contributed by atoms with van der Waals surface area (Å²) in [5.41, 5.74) is 8.48. The smallest absolute Gasteiger partial charge is 0.216 e. The van der Waals surface area contributed by atoms with Crippen LogP contribution in [0.25, 0.3) is 0 Å². The van der Waals surface area contributed by atoms with Crippen LogP contribution in [0.2, 0.25) is 0 Å². The van der Waals surface area contributed by atoms with Crippen molar-refractivity contribution < 1.29 is 8.42 Å². The van der Waals surface area contributed by atoms with Gasteiger partial charge in [0.2, 0.25) is 10.0 Å². The van der Waals surface area contributed by atoms with Crippen LogP contribution < -0.4 is 10.5 Å². The summed E-state index contributed by atoms with van der Waals surface area (Å²) < 4.78 is 26.5. The van der Waals surface area contributed by atoms with Crippen LogP contribution in [0.4, 0.5) is 5.69 Å². The van der Waals surface area contributed by atoms with Gasteiger partial charge in [-0.15, -0.1) is 0 Å². The molecule has 1 aromatic carbocycles. The summed E-state index contributed by atoms with van der Waals surface area (Å²) in [5, 5.41) is 6.60. The van der Waals surface area contributed by atoms with Crippen LogP contribution in [0, 0.1) is 6.92 Å². The number of aromatic nitrogens is 2. The van der Waals surface area contributed by atoms with Crippen LogP contribution in [0.5, 0.6) is 0 Å². The van der Waals surface area contributed by atoms with Crippen molar-refractivity contribution in [2.45, 2.75) is 19.2 Å². The quantitative estimate of drug-likeness (QED) is 0.709. The van der Waals surface area contributed by atoms with E-state index in [1.54, 1.807) is 30.5 Å². The van der Waals surface area contributed by atoms with Gasteiger partial charge >= 0.3 is 0 Å². The van der Waals surface area contributed by atoms with Gasteiger partial charge in [-0.1, -0.05) is 18.2 Å². The van der Waals surface area contributed by atoms with E-state index in [0.29, 0.717) is 11.3 Å². The van der Waals surface area contributed by atoms with Gasteiger partial charge in [-0.2, -0.15) is 5.10 Å². The Morgan fingerprint density at radius 1 is 1.32 bits per heavy atom. The van der Waals surface area contributed by atoms with Crippen molar-refractivity contribution in [3.05, 3.63) is 47.3 Å². The van der Waals surface area contributed by atoms with Gasteiger partial charge in [0.25, 0.3) is 0 Å². The highest BCUT2D eigenvalue weighted by Gasteiger charge is 2.13. The van der Waals surface area contributed by atoms with Gasteiger partial charge in [0.1, 0.15) is 0 Å². The average Bonchev–Trinajstić information content (AvgIpc) is 2.75. The fraction of sp³-hybridized carbons (Fsp3) is 0.250. The number of nitrogens with zero attached hydrogens (tertiary/aromatic N) is 1. The highest BCUT2D eigenvalue weighted by atomic mass is 32.2. The summed E-state index contributed by atoms with van der Waals surface area (Å²) in [6.07, 6.45) is 1.61. The van der Waals surface area contributed by atoms with E-state index in [9.17, 15) is 8.42 Å². The molecule has 4 N–H and O–H groups in total. The molecule has 1 heterocycles. The minimum absolute atomic E-state index is 0.128. The standard InChI is InChI=1S/C12H16N4O2S/c1-9-11(6-14-16-9)7-15-19(17,18)8-10-4-2-3-5-12(10)13/h2-6,15H,7-8,13H2,1H3,(H,14,16). The summed E-state index contributed by atoms with van der Waals surface area (Å²) in [5.74, 6) is -0.128. The van der Waals surface area contributed by atoms with E-state index in [-0.39, 0.29) is 12.3 Å². The number of aromatic amines is 1. The van der Waals surface area contributed by atoms with Crippen molar-refractivity contribution in [2.24, 2.45) is 0 Å². The average molecular weight is 280 g/mol. The molecular weight excluding hydrogens is 264 g/mol. The Balaban J connectivity index is 2.04. The zero-order valence-electron chi connectivity index (χ0n) is 10.6. The molecule has 0 unspecified atom stereocenters. The second kappa shape index (κ2) is 5.41. The highest BCUT2D eigenvalue weighted by molar-refractivity contribution is 7.88. The third-order valence-electron chi connectivity index (χ3n) is 2.82. The van der Waals surface area contributed by atoms with Crippen molar-refractivity contribution in [1.29, 1.82) is 0 Å². The summed E-state index contributed by atoms with van der Waals surface area (Å²) in [7, 11) is -3.42. The summed E-state index contributed by atoms with van der Waals surface area (Å²) >= 11 is 0. The number of nitrogens with one attached hydrogen (secondary N) is 2. The largest absolute Gasteiger partial charge is 0.398 e. The lowest BCUT2D eigenvalue weighted by Crippen LogP contribution is -2.25. The molecule has 0 saturated heterocycles. The first-order valence-electron chi connectivity index (χ1n) is 5.77. The minimum atomic E-state index is -3.42. The molecule has 0 atom stereocenters. The van der Waals surface area contributed by atoms with E-state index in [2.05, 4.69) is 14.9 Å². The third-order valence-corrected chi connectivity index (χ3v) is 4.09. The fourth-order valence-electron chi connectivity index (χ4n) is 1.66. The number of benzene rings is 1. The number of nitrogens with two attached hydrogens (primary N) is 1. The number of para-hydroxylation sites is 1.